The van der Waals surface area contributed by atoms with Crippen molar-refractivity contribution in [2.24, 2.45) is 0 Å². The largest absolute Gasteiger partial charge is 0.496 e. The van der Waals surface area contributed by atoms with Crippen molar-refractivity contribution in [3.05, 3.63) is 29.3 Å². The molecule has 1 heterocycles. The summed E-state index contributed by atoms with van der Waals surface area (Å²) in [5, 5.41) is 6.33. The Morgan fingerprint density at radius 2 is 2.29 bits per heavy atom. The average molecular weight is 313 g/mol. The van der Waals surface area contributed by atoms with E-state index in [4.69, 9.17) is 4.74 Å². The van der Waals surface area contributed by atoms with Crippen LogP contribution in [-0.2, 0) is 11.2 Å². The number of ether oxygens (including phenoxy) is 1. The Kier molecular flexibility index (Phi) is 7.54. The number of nitrogens with one attached hydrogen (secondary N) is 2. The van der Waals surface area contributed by atoms with Crippen LogP contribution in [0.2, 0.25) is 0 Å². The van der Waals surface area contributed by atoms with E-state index in [1.165, 1.54) is 12.0 Å². The Balaban J connectivity index is 0.00000220. The highest BCUT2D eigenvalue weighted by Crippen LogP contribution is 2.19. The number of carbonyl (C=O) groups is 1. The molecule has 0 aromatic heterocycles. The molecular formula is C16H25ClN2O2. The number of carbonyl (C=O) groups excluding carboxylic acids is 1. The number of rotatable bonds is 6. The van der Waals surface area contributed by atoms with Gasteiger partial charge in [-0.2, -0.15) is 0 Å². The second-order valence-electron chi connectivity index (χ2n) is 5.41. The highest BCUT2D eigenvalue weighted by molar-refractivity contribution is 5.85. The summed E-state index contributed by atoms with van der Waals surface area (Å²) in [4.78, 5) is 11.8. The summed E-state index contributed by atoms with van der Waals surface area (Å²) in [6.45, 7) is 3.76. The SMILES string of the molecule is COc1ccc(C)cc1CCNC(=O)CC1CCCN1.Cl. The third kappa shape index (κ3) is 5.56. The van der Waals surface area contributed by atoms with Crippen LogP contribution >= 0.6 is 12.4 Å². The molecule has 1 fully saturated rings. The molecule has 0 bridgehead atoms. The third-order valence-corrected chi connectivity index (χ3v) is 3.75. The molecule has 1 atom stereocenters. The van der Waals surface area contributed by atoms with Crippen LogP contribution in [0.3, 0.4) is 0 Å². The van der Waals surface area contributed by atoms with E-state index in [2.05, 4.69) is 23.6 Å². The molecule has 1 amide bonds. The van der Waals surface area contributed by atoms with Crippen LogP contribution in [0.5, 0.6) is 5.75 Å². The van der Waals surface area contributed by atoms with Crippen molar-refractivity contribution >= 4 is 18.3 Å². The molecule has 2 rings (SSSR count). The summed E-state index contributed by atoms with van der Waals surface area (Å²) < 4.78 is 5.34. The summed E-state index contributed by atoms with van der Waals surface area (Å²) in [5.41, 5.74) is 2.36. The second-order valence-corrected chi connectivity index (χ2v) is 5.41. The molecule has 1 aromatic carbocycles. The third-order valence-electron chi connectivity index (χ3n) is 3.75. The van der Waals surface area contributed by atoms with Gasteiger partial charge in [0.1, 0.15) is 5.75 Å². The van der Waals surface area contributed by atoms with Crippen LogP contribution in [-0.4, -0.2) is 32.1 Å². The van der Waals surface area contributed by atoms with Crippen LogP contribution in [0.15, 0.2) is 18.2 Å². The fourth-order valence-electron chi connectivity index (χ4n) is 2.67. The minimum absolute atomic E-state index is 0. The minimum atomic E-state index is 0. The van der Waals surface area contributed by atoms with E-state index in [9.17, 15) is 4.79 Å². The van der Waals surface area contributed by atoms with E-state index in [-0.39, 0.29) is 18.3 Å². The normalized spacial score (nSPS) is 17.1. The molecule has 0 aliphatic carbocycles. The van der Waals surface area contributed by atoms with Gasteiger partial charge in [-0.25, -0.2) is 0 Å². The topological polar surface area (TPSA) is 50.4 Å². The van der Waals surface area contributed by atoms with Crippen LogP contribution < -0.4 is 15.4 Å². The zero-order valence-corrected chi connectivity index (χ0v) is 13.6. The minimum Gasteiger partial charge on any atom is -0.496 e. The van der Waals surface area contributed by atoms with Crippen molar-refractivity contribution in [2.45, 2.75) is 38.6 Å². The predicted octanol–water partition coefficient (Wildman–Crippen LogP) is 2.23. The Morgan fingerprint density at radius 3 is 2.95 bits per heavy atom. The van der Waals surface area contributed by atoms with Gasteiger partial charge < -0.3 is 15.4 Å². The van der Waals surface area contributed by atoms with Crippen LogP contribution in [0.25, 0.3) is 0 Å². The fourth-order valence-corrected chi connectivity index (χ4v) is 2.67. The monoisotopic (exact) mass is 312 g/mol. The first-order valence-electron chi connectivity index (χ1n) is 7.32. The first-order chi connectivity index (χ1) is 9.69. The maximum absolute atomic E-state index is 11.8. The zero-order chi connectivity index (χ0) is 14.4. The summed E-state index contributed by atoms with van der Waals surface area (Å²) >= 11 is 0. The summed E-state index contributed by atoms with van der Waals surface area (Å²) in [6, 6.07) is 6.49. The first kappa shape index (κ1) is 17.8. The van der Waals surface area contributed by atoms with Crippen molar-refractivity contribution in [1.82, 2.24) is 10.6 Å². The van der Waals surface area contributed by atoms with Crippen molar-refractivity contribution < 1.29 is 9.53 Å². The number of hydrogen-bond acceptors (Lipinski definition) is 3. The zero-order valence-electron chi connectivity index (χ0n) is 12.8. The van der Waals surface area contributed by atoms with Gasteiger partial charge in [0.2, 0.25) is 5.91 Å². The number of halogens is 1. The lowest BCUT2D eigenvalue weighted by atomic mass is 10.1. The Morgan fingerprint density at radius 1 is 1.48 bits per heavy atom. The highest BCUT2D eigenvalue weighted by Gasteiger charge is 2.17. The van der Waals surface area contributed by atoms with E-state index in [1.807, 2.05) is 12.1 Å². The van der Waals surface area contributed by atoms with Gasteiger partial charge in [0.05, 0.1) is 7.11 Å². The van der Waals surface area contributed by atoms with Gasteiger partial charge in [-0.1, -0.05) is 17.7 Å². The molecule has 1 aliphatic heterocycles. The number of benzene rings is 1. The van der Waals surface area contributed by atoms with Crippen LogP contribution in [0, 0.1) is 6.92 Å². The van der Waals surface area contributed by atoms with Gasteiger partial charge in [-0.15, -0.1) is 12.4 Å². The molecule has 0 radical (unpaired) electrons. The molecule has 118 valence electrons. The molecule has 1 saturated heterocycles. The maximum Gasteiger partial charge on any atom is 0.221 e. The Hall–Kier alpha value is -1.26. The van der Waals surface area contributed by atoms with Gasteiger partial charge in [-0.3, -0.25) is 4.79 Å². The molecule has 5 heteroatoms. The first-order valence-corrected chi connectivity index (χ1v) is 7.32. The average Bonchev–Trinajstić information content (AvgIpc) is 2.92. The predicted molar refractivity (Wildman–Crippen MR) is 87.3 cm³/mol. The molecular weight excluding hydrogens is 288 g/mol. The van der Waals surface area contributed by atoms with Gasteiger partial charge in [0.15, 0.2) is 0 Å². The van der Waals surface area contributed by atoms with Crippen LogP contribution in [0.1, 0.15) is 30.4 Å². The smallest absolute Gasteiger partial charge is 0.221 e. The Labute approximate surface area is 133 Å². The fraction of sp³-hybridized carbons (Fsp3) is 0.562. The second kappa shape index (κ2) is 8.90. The summed E-state index contributed by atoms with van der Waals surface area (Å²) in [6.07, 6.45) is 3.68. The van der Waals surface area contributed by atoms with Gasteiger partial charge in [-0.05, 0) is 44.4 Å². The quantitative estimate of drug-likeness (QED) is 0.847. The lowest BCUT2D eigenvalue weighted by molar-refractivity contribution is -0.121. The standard InChI is InChI=1S/C16H24N2O2.ClH/c1-12-5-6-15(20-2)13(10-12)7-9-18-16(19)11-14-4-3-8-17-14;/h5-6,10,14,17H,3-4,7-9,11H2,1-2H3,(H,18,19);1H. The molecule has 21 heavy (non-hydrogen) atoms. The van der Waals surface area contributed by atoms with E-state index >= 15 is 0 Å². The molecule has 1 unspecified atom stereocenters. The van der Waals surface area contributed by atoms with E-state index in [1.54, 1.807) is 7.11 Å². The number of amides is 1. The highest BCUT2D eigenvalue weighted by atomic mass is 35.5. The molecule has 1 aromatic rings. The lowest BCUT2D eigenvalue weighted by Gasteiger charge is -2.12. The van der Waals surface area contributed by atoms with E-state index in [0.29, 0.717) is 19.0 Å². The lowest BCUT2D eigenvalue weighted by Crippen LogP contribution is -2.32. The molecule has 1 aliphatic rings. The number of hydrogen-bond donors (Lipinski definition) is 2. The van der Waals surface area contributed by atoms with Crippen LogP contribution in [0.4, 0.5) is 0 Å². The molecule has 2 N–H and O–H groups in total. The van der Waals surface area contributed by atoms with Gasteiger partial charge in [0, 0.05) is 19.0 Å². The molecule has 0 saturated carbocycles. The van der Waals surface area contributed by atoms with E-state index < -0.39 is 0 Å². The Bertz CT molecular complexity index is 460. The molecule has 0 spiro atoms. The number of aryl methyl sites for hydroxylation is 1. The van der Waals surface area contributed by atoms with Gasteiger partial charge >= 0.3 is 0 Å². The summed E-state index contributed by atoms with van der Waals surface area (Å²) in [5.74, 6) is 1.03. The van der Waals surface area contributed by atoms with Crippen molar-refractivity contribution in [3.8, 4) is 5.75 Å². The van der Waals surface area contributed by atoms with Crippen molar-refractivity contribution in [2.75, 3.05) is 20.2 Å². The van der Waals surface area contributed by atoms with Crippen molar-refractivity contribution in [1.29, 1.82) is 0 Å². The number of methoxy groups -OCH3 is 1. The summed E-state index contributed by atoms with van der Waals surface area (Å²) in [7, 11) is 1.68. The van der Waals surface area contributed by atoms with Gasteiger partial charge in [0.25, 0.3) is 0 Å². The maximum atomic E-state index is 11.8. The van der Waals surface area contributed by atoms with E-state index in [0.717, 1.165) is 30.7 Å². The van der Waals surface area contributed by atoms with Crippen molar-refractivity contribution in [3.63, 3.8) is 0 Å². The molecule has 4 nitrogen and oxygen atoms in total.